The van der Waals surface area contributed by atoms with Crippen LogP contribution in [0.4, 0.5) is 0 Å². The second-order valence-electron chi connectivity index (χ2n) is 17.5. The molecule has 396 valence electrons. The summed E-state index contributed by atoms with van der Waals surface area (Å²) in [5.74, 6) is 0.0903. The maximum absolute atomic E-state index is 10.8. The molecule has 2 aliphatic rings. The van der Waals surface area contributed by atoms with Gasteiger partial charge in [-0.1, -0.05) is 202 Å². The van der Waals surface area contributed by atoms with Crippen molar-refractivity contribution in [3.05, 3.63) is 224 Å². The number of nitrogens with two attached hydrogens (primary N) is 1. The van der Waals surface area contributed by atoms with Crippen LogP contribution in [0.1, 0.15) is 79.7 Å². The van der Waals surface area contributed by atoms with E-state index in [4.69, 9.17) is 31.2 Å². The molecule has 0 aliphatic carbocycles. The quantitative estimate of drug-likeness (QED) is 0.0250. The van der Waals surface area contributed by atoms with Crippen LogP contribution in [0.15, 0.2) is 180 Å². The molecule has 2 heterocycles. The van der Waals surface area contributed by atoms with Crippen molar-refractivity contribution < 1.29 is 39.5 Å². The SMILES string of the molecule is C=C(C)c1ccccc1Br.CC(=O)c1ccccc1Br.C[C@@](O)(CN=[N+]=[N-])c1ccccc1Br.C[C@@](O)(CO)c1ccccc1Br.C[C@]1(CN)OB(O)c2ccccc21.C[C@]1(CN=[N+]=[N-])OB(O)c2ccccc21.Cl. The first-order chi connectivity index (χ1) is 34.9. The van der Waals surface area contributed by atoms with E-state index in [0.29, 0.717) is 17.7 Å². The first kappa shape index (κ1) is 66.5. The third-order valence-corrected chi connectivity index (χ3v) is 14.2. The van der Waals surface area contributed by atoms with Gasteiger partial charge in [0.2, 0.25) is 0 Å². The second kappa shape index (κ2) is 31.6. The Morgan fingerprint density at radius 3 is 1.39 bits per heavy atom. The van der Waals surface area contributed by atoms with E-state index in [9.17, 15) is 25.1 Å². The summed E-state index contributed by atoms with van der Waals surface area (Å²) >= 11 is 13.3. The number of ketones is 1. The van der Waals surface area contributed by atoms with Crippen molar-refractivity contribution in [3.63, 3.8) is 0 Å². The van der Waals surface area contributed by atoms with Crippen molar-refractivity contribution in [1.29, 1.82) is 0 Å². The van der Waals surface area contributed by atoms with E-state index in [1.807, 2.05) is 135 Å². The molecule has 0 spiro atoms. The Morgan fingerprint density at radius 2 is 1.01 bits per heavy atom. The van der Waals surface area contributed by atoms with Gasteiger partial charge in [0.1, 0.15) is 5.60 Å². The molecular weight excluding hydrogens is 1240 g/mol. The van der Waals surface area contributed by atoms with E-state index in [-0.39, 0.29) is 37.9 Å². The fourth-order valence-corrected chi connectivity index (χ4v) is 9.88. The van der Waals surface area contributed by atoms with Gasteiger partial charge in [-0.05, 0) is 121 Å². The summed E-state index contributed by atoms with van der Waals surface area (Å²) in [6.45, 7) is 14.6. The number of aliphatic hydroxyl groups is 3. The topological polar surface area (TPSA) is 260 Å². The van der Waals surface area contributed by atoms with E-state index in [2.05, 4.69) is 90.4 Å². The zero-order valence-electron chi connectivity index (χ0n) is 42.2. The lowest BCUT2D eigenvalue weighted by Gasteiger charge is -2.23. The summed E-state index contributed by atoms with van der Waals surface area (Å²) in [7, 11) is -1.76. The number of nitrogens with zero attached hydrogens (tertiary/aromatic N) is 6. The molecule has 0 bridgehead atoms. The maximum atomic E-state index is 10.8. The van der Waals surface area contributed by atoms with E-state index in [1.165, 1.54) is 5.56 Å². The second-order valence-corrected chi connectivity index (χ2v) is 20.9. The van der Waals surface area contributed by atoms with E-state index < -0.39 is 36.6 Å². The first-order valence-corrected chi connectivity index (χ1v) is 25.9. The van der Waals surface area contributed by atoms with Gasteiger partial charge in [0.05, 0.1) is 36.5 Å². The molecule has 15 nitrogen and oxygen atoms in total. The highest BCUT2D eigenvalue weighted by Crippen LogP contribution is 2.32. The predicted molar refractivity (Wildman–Crippen MR) is 317 cm³/mol. The number of fused-ring (bicyclic) bond motifs is 2. The number of azide groups is 2. The number of rotatable bonds is 10. The van der Waals surface area contributed by atoms with E-state index in [1.54, 1.807) is 52.0 Å². The minimum absolute atomic E-state index is 0. The summed E-state index contributed by atoms with van der Waals surface area (Å²) in [6.07, 6.45) is 0. The number of hydrogen-bond donors (Lipinski definition) is 6. The maximum Gasteiger partial charge on any atom is 0.492 e. The van der Waals surface area contributed by atoms with E-state index >= 15 is 0 Å². The Morgan fingerprint density at radius 1 is 0.640 bits per heavy atom. The molecule has 0 radical (unpaired) electrons. The third-order valence-electron chi connectivity index (χ3n) is 11.4. The smallest absolute Gasteiger partial charge is 0.423 e. The highest BCUT2D eigenvalue weighted by Gasteiger charge is 2.43. The number of carbonyl (C=O) groups is 1. The van der Waals surface area contributed by atoms with Gasteiger partial charge in [0.15, 0.2) is 5.78 Å². The molecule has 0 amide bonds. The molecule has 0 fully saturated rings. The van der Waals surface area contributed by atoms with Gasteiger partial charge in [-0.3, -0.25) is 4.79 Å². The summed E-state index contributed by atoms with van der Waals surface area (Å²) < 4.78 is 14.4. The monoisotopic (exact) mass is 1300 g/mol. The fraction of sp³-hybridized carbons (Fsp3) is 0.264. The Bertz CT molecular complexity index is 2880. The van der Waals surface area contributed by atoms with Crippen LogP contribution < -0.4 is 16.7 Å². The number of aliphatic hydroxyl groups excluding tert-OH is 1. The molecule has 22 heteroatoms. The number of halogens is 5. The van der Waals surface area contributed by atoms with Crippen LogP contribution in [-0.2, 0) is 31.7 Å². The Kier molecular flexibility index (Phi) is 28.0. The summed E-state index contributed by atoms with van der Waals surface area (Å²) in [5, 5.41) is 54.7. The molecule has 2 aliphatic heterocycles. The van der Waals surface area contributed by atoms with Crippen LogP contribution in [-0.4, -0.2) is 71.6 Å². The van der Waals surface area contributed by atoms with Gasteiger partial charge in [-0.15, -0.1) is 12.4 Å². The number of carbonyl (C=O) groups excluding carboxylic acids is 1. The molecule has 0 saturated carbocycles. The molecule has 6 aromatic rings. The van der Waals surface area contributed by atoms with Gasteiger partial charge in [-0.25, -0.2) is 0 Å². The standard InChI is InChI=1S/C9H10BN3O2.C9H12BNO2.C9H10BrN3O.C9H11BrO2.C9H9Br.C8H7BrO.ClH/c1-9(6-12-13-11)7-4-2-3-5-8(7)10(14)15-9;1-9(6-11)7-4-2-3-5-8(7)10(12)13-9;1-9(14,6-12-13-11)7-4-2-3-5-8(7)10;1-9(12,6-11)7-4-2-3-5-8(7)10;1-7(2)8-5-3-4-6-9(8)10;1-6(10)7-4-2-3-5-8(7)9;/h2-5,14H,6H2,1H3;2-5,12H,6,11H2,1H3;2-5,14H,6H2,1H3;2-5,11-12H,6H2,1H3;3-6H,1H2,2H3;2-5H,1H3;1H/t4*9-;;;/m1111.../s1. The number of allylic oxidation sites excluding steroid dienone is 1. The molecular formula is C53H60B2Br4ClN7O8. The van der Waals surface area contributed by atoms with Crippen molar-refractivity contribution in [2.24, 2.45) is 16.0 Å². The highest BCUT2D eigenvalue weighted by atomic mass is 79.9. The third kappa shape index (κ3) is 19.4. The number of hydrogen-bond acceptors (Lipinski definition) is 11. The first-order valence-electron chi connectivity index (χ1n) is 22.8. The van der Waals surface area contributed by atoms with Gasteiger partial charge in [0, 0.05) is 39.8 Å². The average Bonchev–Trinajstić information content (AvgIpc) is 3.80. The Labute approximate surface area is 479 Å². The van der Waals surface area contributed by atoms with Crippen LogP contribution in [0, 0.1) is 0 Å². The lowest BCUT2D eigenvalue weighted by Crippen LogP contribution is -2.33. The predicted octanol–water partition coefficient (Wildman–Crippen LogP) is 11.7. The van der Waals surface area contributed by atoms with Crippen molar-refractivity contribution in [1.82, 2.24) is 0 Å². The molecule has 0 unspecified atom stereocenters. The molecule has 7 N–H and O–H groups in total. The lowest BCUT2D eigenvalue weighted by atomic mass is 9.78. The zero-order chi connectivity index (χ0) is 55.3. The highest BCUT2D eigenvalue weighted by molar-refractivity contribution is 9.11. The largest absolute Gasteiger partial charge is 0.492 e. The van der Waals surface area contributed by atoms with Crippen molar-refractivity contribution in [2.45, 2.75) is 63.9 Å². The van der Waals surface area contributed by atoms with Crippen LogP contribution >= 0.6 is 76.1 Å². The molecule has 8 rings (SSSR count). The molecule has 0 aromatic heterocycles. The van der Waals surface area contributed by atoms with Crippen LogP contribution in [0.2, 0.25) is 0 Å². The van der Waals surface area contributed by atoms with Gasteiger partial charge >= 0.3 is 14.2 Å². The van der Waals surface area contributed by atoms with Crippen molar-refractivity contribution >= 4 is 113 Å². The van der Waals surface area contributed by atoms with E-state index in [0.717, 1.165) is 51.1 Å². The molecule has 75 heavy (non-hydrogen) atoms. The molecule has 4 atom stereocenters. The number of Topliss-reactive ketones (excluding diaryl/α,β-unsaturated/α-hetero) is 1. The van der Waals surface area contributed by atoms with Crippen LogP contribution in [0.3, 0.4) is 0 Å². The van der Waals surface area contributed by atoms with Crippen molar-refractivity contribution in [3.8, 4) is 0 Å². The van der Waals surface area contributed by atoms with Gasteiger partial charge in [0.25, 0.3) is 0 Å². The van der Waals surface area contributed by atoms with Gasteiger partial charge in [-0.2, -0.15) is 0 Å². The fourth-order valence-electron chi connectivity index (χ4n) is 7.27. The van der Waals surface area contributed by atoms with Gasteiger partial charge < -0.3 is 40.4 Å². The average molecular weight is 1300 g/mol. The molecule has 6 aromatic carbocycles. The van der Waals surface area contributed by atoms with Crippen molar-refractivity contribution in [2.75, 3.05) is 26.2 Å². The normalized spacial score (nSPS) is 16.9. The summed E-state index contributed by atoms with van der Waals surface area (Å²) in [4.78, 5) is 16.2. The molecule has 0 saturated heterocycles. The minimum Gasteiger partial charge on any atom is -0.423 e. The summed E-state index contributed by atoms with van der Waals surface area (Å²) in [5.41, 5.74) is 26.4. The lowest BCUT2D eigenvalue weighted by molar-refractivity contribution is -0.00287. The summed E-state index contributed by atoms with van der Waals surface area (Å²) in [6, 6.07) is 45.1. The minimum atomic E-state index is -1.17. The Hall–Kier alpha value is -4.63. The zero-order valence-corrected chi connectivity index (χ0v) is 49.3. The van der Waals surface area contributed by atoms with Crippen LogP contribution in [0.5, 0.6) is 0 Å². The Balaban J connectivity index is 0.000000309. The number of benzene rings is 6. The van der Waals surface area contributed by atoms with Crippen LogP contribution in [0.25, 0.3) is 26.5 Å².